The second-order valence-corrected chi connectivity index (χ2v) is 6.89. The Hall–Kier alpha value is -3.06. The van der Waals surface area contributed by atoms with Crippen LogP contribution in [0.3, 0.4) is 0 Å². The second-order valence-electron chi connectivity index (χ2n) is 6.89. The molecule has 1 heterocycles. The summed E-state index contributed by atoms with van der Waals surface area (Å²) in [5, 5.41) is 15.5. The van der Waals surface area contributed by atoms with Crippen molar-refractivity contribution in [2.24, 2.45) is 0 Å². The average molecular weight is 393 g/mol. The number of hydrogen-bond donors (Lipinski definition) is 1. The predicted octanol–water partition coefficient (Wildman–Crippen LogP) is 3.60. The highest BCUT2D eigenvalue weighted by Crippen LogP contribution is 2.14. The molecule has 1 N–H and O–H groups in total. The van der Waals surface area contributed by atoms with Gasteiger partial charge in [-0.25, -0.2) is 0 Å². The van der Waals surface area contributed by atoms with Crippen molar-refractivity contribution in [3.8, 4) is 11.4 Å². The minimum absolute atomic E-state index is 0.00612. The number of hydrogen-bond acceptors (Lipinski definition) is 5. The van der Waals surface area contributed by atoms with Crippen LogP contribution in [0.4, 0.5) is 5.69 Å². The fraction of sp³-hybridized carbons (Fsp3) is 0.364. The zero-order valence-corrected chi connectivity index (χ0v) is 17.1. The molecule has 0 saturated heterocycles. The van der Waals surface area contributed by atoms with Gasteiger partial charge in [-0.2, -0.15) is 4.80 Å². The van der Waals surface area contributed by atoms with Crippen molar-refractivity contribution in [2.45, 2.75) is 39.8 Å². The van der Waals surface area contributed by atoms with Gasteiger partial charge in [0.25, 0.3) is 0 Å². The van der Waals surface area contributed by atoms with E-state index in [2.05, 4.69) is 45.5 Å². The summed E-state index contributed by atoms with van der Waals surface area (Å²) < 4.78 is 0. The molecule has 0 aliphatic rings. The van der Waals surface area contributed by atoms with Crippen LogP contribution < -0.4 is 5.32 Å². The van der Waals surface area contributed by atoms with Gasteiger partial charge >= 0.3 is 0 Å². The summed E-state index contributed by atoms with van der Waals surface area (Å²) in [6, 6.07) is 17.8. The minimum Gasteiger partial charge on any atom is -0.326 e. The van der Waals surface area contributed by atoms with Crippen molar-refractivity contribution in [3.05, 3.63) is 60.2 Å². The number of aromatic nitrogens is 4. The first-order valence-electron chi connectivity index (χ1n) is 10.1. The molecule has 0 radical (unpaired) electrons. The summed E-state index contributed by atoms with van der Waals surface area (Å²) in [4.78, 5) is 16.2. The van der Waals surface area contributed by atoms with Gasteiger partial charge in [0.1, 0.15) is 0 Å². The van der Waals surface area contributed by atoms with Gasteiger partial charge in [0.15, 0.2) is 0 Å². The number of nitrogens with zero attached hydrogens (tertiary/aromatic N) is 5. The number of carbonyl (C=O) groups excluding carboxylic acids is 1. The molecule has 152 valence electrons. The molecule has 0 aliphatic heterocycles. The maximum absolute atomic E-state index is 12.3. The topological polar surface area (TPSA) is 75.9 Å². The molecule has 0 saturated carbocycles. The minimum atomic E-state index is -0.00612. The first kappa shape index (κ1) is 20.7. The molecule has 7 heteroatoms. The number of aryl methyl sites for hydroxylation is 1. The standard InChI is InChI=1S/C22H28N6O/c1-3-27(4-2)17-18-10-8-13-20(16-18)23-21(29)14-9-15-28-25-22(24-26-28)19-11-6-5-7-12-19/h5-8,10-13,16H,3-4,9,14-15,17H2,1-2H3,(H,23,29). The number of rotatable bonds is 10. The van der Waals surface area contributed by atoms with Crippen molar-refractivity contribution >= 4 is 11.6 Å². The third-order valence-electron chi connectivity index (χ3n) is 4.76. The van der Waals surface area contributed by atoms with Crippen molar-refractivity contribution in [1.82, 2.24) is 25.1 Å². The van der Waals surface area contributed by atoms with Crippen LogP contribution in [0.15, 0.2) is 54.6 Å². The molecule has 1 aromatic heterocycles. The molecule has 1 amide bonds. The summed E-state index contributed by atoms with van der Waals surface area (Å²) in [7, 11) is 0. The molecule has 0 atom stereocenters. The molecule has 0 aliphatic carbocycles. The molecule has 7 nitrogen and oxygen atoms in total. The summed E-state index contributed by atoms with van der Waals surface area (Å²) in [5.41, 5.74) is 2.97. The van der Waals surface area contributed by atoms with Gasteiger partial charge in [0.2, 0.25) is 11.7 Å². The maximum Gasteiger partial charge on any atom is 0.224 e. The number of anilines is 1. The zero-order valence-electron chi connectivity index (χ0n) is 17.1. The van der Waals surface area contributed by atoms with E-state index in [1.165, 1.54) is 5.56 Å². The van der Waals surface area contributed by atoms with E-state index in [0.717, 1.165) is 30.9 Å². The Morgan fingerprint density at radius 3 is 2.62 bits per heavy atom. The van der Waals surface area contributed by atoms with E-state index >= 15 is 0 Å². The van der Waals surface area contributed by atoms with Gasteiger partial charge in [-0.15, -0.1) is 10.2 Å². The normalized spacial score (nSPS) is 11.0. The summed E-state index contributed by atoms with van der Waals surface area (Å²) in [6.45, 7) is 7.77. The third-order valence-corrected chi connectivity index (χ3v) is 4.76. The predicted molar refractivity (Wildman–Crippen MR) is 114 cm³/mol. The third kappa shape index (κ3) is 6.22. The smallest absolute Gasteiger partial charge is 0.224 e. The van der Waals surface area contributed by atoms with Crippen LogP contribution in [-0.2, 0) is 17.9 Å². The molecule has 0 bridgehead atoms. The van der Waals surface area contributed by atoms with E-state index in [-0.39, 0.29) is 5.91 Å². The zero-order chi connectivity index (χ0) is 20.5. The number of benzene rings is 2. The largest absolute Gasteiger partial charge is 0.326 e. The first-order valence-corrected chi connectivity index (χ1v) is 10.1. The fourth-order valence-corrected chi connectivity index (χ4v) is 3.10. The van der Waals surface area contributed by atoms with E-state index < -0.39 is 0 Å². The number of carbonyl (C=O) groups is 1. The highest BCUT2D eigenvalue weighted by Gasteiger charge is 2.08. The lowest BCUT2D eigenvalue weighted by atomic mass is 10.2. The molecule has 3 aromatic rings. The second kappa shape index (κ2) is 10.5. The van der Waals surface area contributed by atoms with Gasteiger partial charge < -0.3 is 5.32 Å². The van der Waals surface area contributed by atoms with Crippen LogP contribution in [-0.4, -0.2) is 44.1 Å². The lowest BCUT2D eigenvalue weighted by Crippen LogP contribution is -2.22. The van der Waals surface area contributed by atoms with Gasteiger partial charge in [0, 0.05) is 24.2 Å². The average Bonchev–Trinajstić information content (AvgIpc) is 3.22. The van der Waals surface area contributed by atoms with Gasteiger partial charge in [-0.05, 0) is 42.4 Å². The van der Waals surface area contributed by atoms with E-state index in [1.54, 1.807) is 4.80 Å². The Morgan fingerprint density at radius 1 is 1.07 bits per heavy atom. The van der Waals surface area contributed by atoms with E-state index in [4.69, 9.17) is 0 Å². The molecule has 0 unspecified atom stereocenters. The maximum atomic E-state index is 12.3. The van der Waals surface area contributed by atoms with Gasteiger partial charge in [-0.3, -0.25) is 9.69 Å². The van der Waals surface area contributed by atoms with Crippen LogP contribution in [0.2, 0.25) is 0 Å². The van der Waals surface area contributed by atoms with Crippen molar-refractivity contribution in [2.75, 3.05) is 18.4 Å². The molecular weight excluding hydrogens is 364 g/mol. The SMILES string of the molecule is CCN(CC)Cc1cccc(NC(=O)CCCn2nnc(-c3ccccc3)n2)c1. The van der Waals surface area contributed by atoms with E-state index in [0.29, 0.717) is 25.2 Å². The van der Waals surface area contributed by atoms with Crippen molar-refractivity contribution in [3.63, 3.8) is 0 Å². The Balaban J connectivity index is 1.46. The number of amides is 1. The van der Waals surface area contributed by atoms with Gasteiger partial charge in [-0.1, -0.05) is 56.3 Å². The summed E-state index contributed by atoms with van der Waals surface area (Å²) in [6.07, 6.45) is 1.05. The number of nitrogens with one attached hydrogen (secondary N) is 1. The molecule has 0 spiro atoms. The lowest BCUT2D eigenvalue weighted by Gasteiger charge is -2.18. The van der Waals surface area contributed by atoms with Crippen LogP contribution in [0.5, 0.6) is 0 Å². The molecule has 2 aromatic carbocycles. The molecular formula is C22H28N6O. The Bertz CT molecular complexity index is 904. The number of tetrazole rings is 1. The van der Waals surface area contributed by atoms with Crippen LogP contribution in [0, 0.1) is 0 Å². The Labute approximate surface area is 171 Å². The molecule has 3 rings (SSSR count). The fourth-order valence-electron chi connectivity index (χ4n) is 3.10. The summed E-state index contributed by atoms with van der Waals surface area (Å²) >= 11 is 0. The van der Waals surface area contributed by atoms with Crippen LogP contribution in [0.1, 0.15) is 32.3 Å². The molecule has 0 fully saturated rings. The van der Waals surface area contributed by atoms with Crippen molar-refractivity contribution in [1.29, 1.82) is 0 Å². The monoisotopic (exact) mass is 392 g/mol. The Morgan fingerprint density at radius 2 is 1.86 bits per heavy atom. The van der Waals surface area contributed by atoms with E-state index in [1.807, 2.05) is 48.5 Å². The first-order chi connectivity index (χ1) is 14.2. The van der Waals surface area contributed by atoms with Crippen LogP contribution >= 0.6 is 0 Å². The lowest BCUT2D eigenvalue weighted by molar-refractivity contribution is -0.116. The summed E-state index contributed by atoms with van der Waals surface area (Å²) in [5.74, 6) is 0.591. The molecule has 29 heavy (non-hydrogen) atoms. The van der Waals surface area contributed by atoms with Gasteiger partial charge in [0.05, 0.1) is 6.54 Å². The quantitative estimate of drug-likeness (QED) is 0.570. The highest BCUT2D eigenvalue weighted by atomic mass is 16.1. The highest BCUT2D eigenvalue weighted by molar-refractivity contribution is 5.90. The Kier molecular flexibility index (Phi) is 7.47. The van der Waals surface area contributed by atoms with Crippen molar-refractivity contribution < 1.29 is 4.79 Å². The van der Waals surface area contributed by atoms with Crippen LogP contribution in [0.25, 0.3) is 11.4 Å². The van der Waals surface area contributed by atoms with E-state index in [9.17, 15) is 4.79 Å².